The van der Waals surface area contributed by atoms with Crippen molar-refractivity contribution in [2.45, 2.75) is 24.1 Å². The number of alkyl halides is 3. The van der Waals surface area contributed by atoms with Gasteiger partial charge in [0, 0.05) is 12.1 Å². The Balaban J connectivity index is 2.20. The average molecular weight is 402 g/mol. The molecule has 0 saturated heterocycles. The van der Waals surface area contributed by atoms with Gasteiger partial charge in [-0.25, -0.2) is 13.6 Å². The number of hydrogen-bond acceptors (Lipinski definition) is 4. The molecule has 2 aromatic carbocycles. The molecule has 146 valence electrons. The van der Waals surface area contributed by atoms with E-state index >= 15 is 0 Å². The van der Waals surface area contributed by atoms with Crippen molar-refractivity contribution in [3.63, 3.8) is 0 Å². The number of halogens is 3. The Bertz CT molecular complexity index is 959. The smallest absolute Gasteiger partial charge is 0.387 e. The number of amides is 1. The molecule has 4 N–H and O–H groups in total. The van der Waals surface area contributed by atoms with Crippen molar-refractivity contribution in [1.82, 2.24) is 5.32 Å². The summed E-state index contributed by atoms with van der Waals surface area (Å²) in [6, 6.07) is 8.16. The van der Waals surface area contributed by atoms with E-state index in [1.807, 2.05) is 0 Å². The molecule has 1 unspecified atom stereocenters. The first-order valence-electron chi connectivity index (χ1n) is 7.67. The molecule has 2 rings (SSSR count). The van der Waals surface area contributed by atoms with Crippen LogP contribution in [0.1, 0.15) is 33.2 Å². The number of primary sulfonamides is 1. The lowest BCUT2D eigenvalue weighted by Crippen LogP contribution is -2.30. The number of aliphatic hydroxyl groups is 1. The highest BCUT2D eigenvalue weighted by Gasteiger charge is 2.34. The Morgan fingerprint density at radius 3 is 2.44 bits per heavy atom. The van der Waals surface area contributed by atoms with E-state index in [4.69, 9.17) is 5.14 Å². The number of nitrogens with one attached hydrogen (secondary N) is 1. The zero-order valence-corrected chi connectivity index (χ0v) is 14.9. The lowest BCUT2D eigenvalue weighted by Gasteiger charge is -2.18. The van der Waals surface area contributed by atoms with Crippen molar-refractivity contribution in [1.29, 1.82) is 0 Å². The predicted molar refractivity (Wildman–Crippen MR) is 91.3 cm³/mol. The van der Waals surface area contributed by atoms with Crippen LogP contribution in [0, 0.1) is 6.92 Å². The Hall–Kier alpha value is -2.43. The van der Waals surface area contributed by atoms with E-state index in [1.165, 1.54) is 24.3 Å². The molecular weight excluding hydrogens is 385 g/mol. The van der Waals surface area contributed by atoms with Crippen LogP contribution in [0.15, 0.2) is 47.4 Å². The molecule has 1 amide bonds. The average Bonchev–Trinajstić information content (AvgIpc) is 2.58. The number of benzene rings is 2. The van der Waals surface area contributed by atoms with E-state index in [1.54, 1.807) is 6.92 Å². The minimum absolute atomic E-state index is 0.0159. The zero-order chi connectivity index (χ0) is 20.4. The molecule has 0 spiro atoms. The van der Waals surface area contributed by atoms with Crippen LogP contribution < -0.4 is 10.5 Å². The number of hydrogen-bond donors (Lipinski definition) is 3. The Morgan fingerprint density at radius 1 is 1.22 bits per heavy atom. The number of aryl methyl sites for hydroxylation is 1. The maximum Gasteiger partial charge on any atom is 0.416 e. The van der Waals surface area contributed by atoms with Crippen LogP contribution in [0.25, 0.3) is 0 Å². The SMILES string of the molecule is Cc1ccc(S(N)(=O)=O)cc1C(=O)NCC(O)c1ccccc1C(F)(F)F. The highest BCUT2D eigenvalue weighted by Crippen LogP contribution is 2.34. The summed E-state index contributed by atoms with van der Waals surface area (Å²) >= 11 is 0. The second kappa shape index (κ2) is 7.67. The van der Waals surface area contributed by atoms with E-state index in [-0.39, 0.29) is 16.0 Å². The molecule has 2 aromatic rings. The summed E-state index contributed by atoms with van der Waals surface area (Å²) < 4.78 is 61.8. The van der Waals surface area contributed by atoms with Crippen LogP contribution in [0.2, 0.25) is 0 Å². The number of carbonyl (C=O) groups is 1. The fourth-order valence-corrected chi connectivity index (χ4v) is 3.00. The van der Waals surface area contributed by atoms with Crippen molar-refractivity contribution in [2.24, 2.45) is 5.14 Å². The van der Waals surface area contributed by atoms with Gasteiger partial charge in [0.1, 0.15) is 0 Å². The third-order valence-electron chi connectivity index (χ3n) is 3.86. The molecule has 0 aliphatic rings. The van der Waals surface area contributed by atoms with Gasteiger partial charge in [-0.3, -0.25) is 4.79 Å². The lowest BCUT2D eigenvalue weighted by atomic mass is 10.0. The van der Waals surface area contributed by atoms with Gasteiger partial charge in [-0.15, -0.1) is 0 Å². The van der Waals surface area contributed by atoms with E-state index in [0.29, 0.717) is 5.56 Å². The molecule has 0 aromatic heterocycles. The van der Waals surface area contributed by atoms with Gasteiger partial charge in [-0.05, 0) is 36.2 Å². The third-order valence-corrected chi connectivity index (χ3v) is 4.77. The molecule has 0 heterocycles. The summed E-state index contributed by atoms with van der Waals surface area (Å²) in [7, 11) is -4.03. The molecule has 0 fully saturated rings. The van der Waals surface area contributed by atoms with Crippen molar-refractivity contribution in [3.05, 3.63) is 64.7 Å². The fraction of sp³-hybridized carbons (Fsp3) is 0.235. The van der Waals surface area contributed by atoms with E-state index < -0.39 is 40.3 Å². The summed E-state index contributed by atoms with van der Waals surface area (Å²) in [4.78, 5) is 12.0. The third kappa shape index (κ3) is 5.06. The summed E-state index contributed by atoms with van der Waals surface area (Å²) in [5.41, 5.74) is -0.956. The molecule has 0 bridgehead atoms. The first kappa shape index (κ1) is 20.9. The van der Waals surface area contributed by atoms with Crippen molar-refractivity contribution < 1.29 is 31.5 Å². The fourth-order valence-electron chi connectivity index (χ4n) is 2.46. The van der Waals surface area contributed by atoms with Crippen LogP contribution in [0.5, 0.6) is 0 Å². The normalized spacial score (nSPS) is 13.3. The summed E-state index contributed by atoms with van der Waals surface area (Å²) in [6.45, 7) is 1.06. The minimum atomic E-state index is -4.65. The van der Waals surface area contributed by atoms with Gasteiger partial charge in [-0.2, -0.15) is 13.2 Å². The van der Waals surface area contributed by atoms with Crippen LogP contribution in [0.3, 0.4) is 0 Å². The van der Waals surface area contributed by atoms with Crippen LogP contribution in [-0.4, -0.2) is 26.0 Å². The van der Waals surface area contributed by atoms with Crippen LogP contribution in [-0.2, 0) is 16.2 Å². The maximum atomic E-state index is 13.0. The predicted octanol–water partition coefficient (Wildman–Crippen LogP) is 2.12. The van der Waals surface area contributed by atoms with Gasteiger partial charge in [-0.1, -0.05) is 24.3 Å². The number of carbonyl (C=O) groups excluding carboxylic acids is 1. The van der Waals surface area contributed by atoms with Crippen molar-refractivity contribution in [2.75, 3.05) is 6.54 Å². The number of sulfonamides is 1. The second-order valence-corrected chi connectivity index (χ2v) is 7.39. The largest absolute Gasteiger partial charge is 0.416 e. The molecule has 1 atom stereocenters. The highest BCUT2D eigenvalue weighted by atomic mass is 32.2. The monoisotopic (exact) mass is 402 g/mol. The standard InChI is InChI=1S/C17H17F3N2O4S/c1-10-6-7-11(27(21,25)26)8-13(10)16(24)22-9-15(23)12-4-2-3-5-14(12)17(18,19)20/h2-8,15,23H,9H2,1H3,(H,22,24)(H2,21,25,26). The molecule has 0 aliphatic carbocycles. The first-order valence-corrected chi connectivity index (χ1v) is 9.21. The topological polar surface area (TPSA) is 109 Å². The molecule has 10 heteroatoms. The van der Waals surface area contributed by atoms with Gasteiger partial charge in [0.05, 0.1) is 16.6 Å². The molecule has 27 heavy (non-hydrogen) atoms. The second-order valence-electron chi connectivity index (χ2n) is 5.83. The van der Waals surface area contributed by atoms with Crippen LogP contribution in [0.4, 0.5) is 13.2 Å². The quantitative estimate of drug-likeness (QED) is 0.712. The summed E-state index contributed by atoms with van der Waals surface area (Å²) in [6.07, 6.45) is -6.25. The Labute approximate surface area is 153 Å². The van der Waals surface area contributed by atoms with E-state index in [0.717, 1.165) is 18.2 Å². The number of nitrogens with two attached hydrogens (primary N) is 1. The zero-order valence-electron chi connectivity index (χ0n) is 14.1. The molecule has 0 aliphatic heterocycles. The Kier molecular flexibility index (Phi) is 5.93. The van der Waals surface area contributed by atoms with Gasteiger partial charge in [0.25, 0.3) is 5.91 Å². The maximum absolute atomic E-state index is 13.0. The Morgan fingerprint density at radius 2 is 1.85 bits per heavy atom. The summed E-state index contributed by atoms with van der Waals surface area (Å²) in [5, 5.41) is 17.4. The molecular formula is C17H17F3N2O4S. The van der Waals surface area contributed by atoms with Gasteiger partial charge in [0.2, 0.25) is 10.0 Å². The highest BCUT2D eigenvalue weighted by molar-refractivity contribution is 7.89. The number of rotatable bonds is 5. The van der Waals surface area contributed by atoms with Gasteiger partial charge < -0.3 is 10.4 Å². The van der Waals surface area contributed by atoms with Gasteiger partial charge >= 0.3 is 6.18 Å². The molecule has 6 nitrogen and oxygen atoms in total. The van der Waals surface area contributed by atoms with Crippen molar-refractivity contribution >= 4 is 15.9 Å². The summed E-state index contributed by atoms with van der Waals surface area (Å²) in [5.74, 6) is -0.749. The van der Waals surface area contributed by atoms with Gasteiger partial charge in [0.15, 0.2) is 0 Å². The lowest BCUT2D eigenvalue weighted by molar-refractivity contribution is -0.139. The number of aliphatic hydroxyl groups excluding tert-OH is 1. The van der Waals surface area contributed by atoms with Crippen LogP contribution >= 0.6 is 0 Å². The minimum Gasteiger partial charge on any atom is -0.387 e. The van der Waals surface area contributed by atoms with Crippen molar-refractivity contribution in [3.8, 4) is 0 Å². The van der Waals surface area contributed by atoms with E-state index in [2.05, 4.69) is 5.32 Å². The van der Waals surface area contributed by atoms with E-state index in [9.17, 15) is 31.5 Å². The molecule has 0 saturated carbocycles. The first-order chi connectivity index (χ1) is 12.4. The molecule has 0 radical (unpaired) electrons.